The van der Waals surface area contributed by atoms with Crippen LogP contribution >= 0.6 is 0 Å². The Bertz CT molecular complexity index is 398. The third kappa shape index (κ3) is 9.25. The molecule has 0 heterocycles. The molecule has 0 aliphatic rings. The number of amides is 3. The van der Waals surface area contributed by atoms with Crippen LogP contribution in [0.4, 0.5) is 4.79 Å². The molecule has 9 heteroatoms. The second kappa shape index (κ2) is 9.56. The van der Waals surface area contributed by atoms with Crippen molar-refractivity contribution >= 4 is 23.9 Å². The predicted molar refractivity (Wildman–Crippen MR) is 72.7 cm³/mol. The molecule has 0 rings (SSSR count). The van der Waals surface area contributed by atoms with Gasteiger partial charge in [-0.05, 0) is 13.3 Å². The van der Waals surface area contributed by atoms with Gasteiger partial charge in [0.1, 0.15) is 6.04 Å². The number of urea groups is 1. The van der Waals surface area contributed by atoms with Crippen LogP contribution in [-0.4, -0.2) is 52.7 Å². The van der Waals surface area contributed by atoms with E-state index in [0.29, 0.717) is 0 Å². The lowest BCUT2D eigenvalue weighted by molar-refractivity contribution is -0.145. The van der Waals surface area contributed by atoms with Gasteiger partial charge in [-0.3, -0.25) is 9.59 Å². The molecule has 0 spiro atoms. The summed E-state index contributed by atoms with van der Waals surface area (Å²) in [6.07, 6.45) is 0.112. The number of hydrogen-bond acceptors (Lipinski definition) is 4. The van der Waals surface area contributed by atoms with E-state index in [0.717, 1.165) is 6.42 Å². The lowest BCUT2D eigenvalue weighted by Crippen LogP contribution is -2.47. The van der Waals surface area contributed by atoms with Gasteiger partial charge in [-0.2, -0.15) is 0 Å². The van der Waals surface area contributed by atoms with E-state index >= 15 is 0 Å². The average molecular weight is 303 g/mol. The first-order valence-corrected chi connectivity index (χ1v) is 6.54. The van der Waals surface area contributed by atoms with Crippen LogP contribution in [0.2, 0.25) is 0 Å². The summed E-state index contributed by atoms with van der Waals surface area (Å²) in [5.74, 6) is -3.01. The Labute approximate surface area is 122 Å². The highest BCUT2D eigenvalue weighted by Gasteiger charge is 2.22. The van der Waals surface area contributed by atoms with Gasteiger partial charge in [-0.1, -0.05) is 6.92 Å². The van der Waals surface area contributed by atoms with E-state index in [1.54, 1.807) is 0 Å². The maximum atomic E-state index is 11.4. The highest BCUT2D eigenvalue weighted by molar-refractivity contribution is 5.86. The van der Waals surface area contributed by atoms with Crippen LogP contribution in [0, 0.1) is 0 Å². The standard InChI is InChI=1S/C12H21N3O6/c1-3-7(2)14-9(16)4-5-13-12(21)15-8(11(19)20)6-10(17)18/h7-8H,3-6H2,1-2H3,(H,14,16)(H,17,18)(H,19,20)(H2,13,15,21)/t7?,8-/m0/s1. The van der Waals surface area contributed by atoms with E-state index < -0.39 is 30.4 Å². The van der Waals surface area contributed by atoms with Gasteiger partial charge in [0, 0.05) is 19.0 Å². The summed E-state index contributed by atoms with van der Waals surface area (Å²) in [5.41, 5.74) is 0. The number of carbonyl (C=O) groups is 4. The molecule has 120 valence electrons. The quantitative estimate of drug-likeness (QED) is 0.389. The van der Waals surface area contributed by atoms with Crippen molar-refractivity contribution in [1.82, 2.24) is 16.0 Å². The number of nitrogens with one attached hydrogen (secondary N) is 3. The average Bonchev–Trinajstić information content (AvgIpc) is 2.36. The molecule has 0 aliphatic carbocycles. The molecule has 21 heavy (non-hydrogen) atoms. The molecule has 9 nitrogen and oxygen atoms in total. The van der Waals surface area contributed by atoms with Gasteiger partial charge in [-0.15, -0.1) is 0 Å². The molecular formula is C12H21N3O6. The zero-order chi connectivity index (χ0) is 16.4. The van der Waals surface area contributed by atoms with Crippen LogP contribution in [-0.2, 0) is 14.4 Å². The van der Waals surface area contributed by atoms with Gasteiger partial charge in [-0.25, -0.2) is 9.59 Å². The number of carbonyl (C=O) groups excluding carboxylic acids is 2. The van der Waals surface area contributed by atoms with Crippen molar-refractivity contribution in [3.05, 3.63) is 0 Å². The first-order valence-electron chi connectivity index (χ1n) is 6.54. The number of aliphatic carboxylic acids is 2. The van der Waals surface area contributed by atoms with Crippen molar-refractivity contribution in [1.29, 1.82) is 0 Å². The third-order valence-electron chi connectivity index (χ3n) is 2.64. The van der Waals surface area contributed by atoms with Gasteiger partial charge < -0.3 is 26.2 Å². The normalized spacial score (nSPS) is 12.9. The minimum atomic E-state index is -1.52. The Kier molecular flexibility index (Phi) is 8.51. The van der Waals surface area contributed by atoms with Crippen molar-refractivity contribution in [2.24, 2.45) is 0 Å². The smallest absolute Gasteiger partial charge is 0.326 e. The Morgan fingerprint density at radius 2 is 1.71 bits per heavy atom. The second-order valence-electron chi connectivity index (χ2n) is 4.52. The van der Waals surface area contributed by atoms with E-state index in [-0.39, 0.29) is 24.9 Å². The highest BCUT2D eigenvalue weighted by atomic mass is 16.4. The fourth-order valence-electron chi connectivity index (χ4n) is 1.32. The summed E-state index contributed by atoms with van der Waals surface area (Å²) < 4.78 is 0. The van der Waals surface area contributed by atoms with E-state index in [9.17, 15) is 19.2 Å². The Morgan fingerprint density at radius 3 is 2.19 bits per heavy atom. The maximum Gasteiger partial charge on any atom is 0.326 e. The van der Waals surface area contributed by atoms with Crippen LogP contribution in [0.15, 0.2) is 0 Å². The molecule has 0 aromatic heterocycles. The highest BCUT2D eigenvalue weighted by Crippen LogP contribution is 1.93. The molecule has 0 fully saturated rings. The monoisotopic (exact) mass is 303 g/mol. The maximum absolute atomic E-state index is 11.4. The summed E-state index contributed by atoms with van der Waals surface area (Å²) in [6, 6.07) is -2.31. The van der Waals surface area contributed by atoms with Gasteiger partial charge in [0.25, 0.3) is 0 Å². The fraction of sp³-hybridized carbons (Fsp3) is 0.667. The zero-order valence-electron chi connectivity index (χ0n) is 12.0. The molecule has 5 N–H and O–H groups in total. The van der Waals surface area contributed by atoms with E-state index in [2.05, 4.69) is 10.6 Å². The summed E-state index contributed by atoms with van der Waals surface area (Å²) >= 11 is 0. The topological polar surface area (TPSA) is 145 Å². The molecule has 0 aliphatic heterocycles. The molecule has 3 amide bonds. The molecule has 0 saturated heterocycles. The number of hydrogen-bond donors (Lipinski definition) is 5. The minimum Gasteiger partial charge on any atom is -0.481 e. The lowest BCUT2D eigenvalue weighted by atomic mass is 10.2. The van der Waals surface area contributed by atoms with Crippen molar-refractivity contribution in [2.75, 3.05) is 6.54 Å². The van der Waals surface area contributed by atoms with Crippen LogP contribution in [0.3, 0.4) is 0 Å². The van der Waals surface area contributed by atoms with Gasteiger partial charge in [0.15, 0.2) is 0 Å². The summed E-state index contributed by atoms with van der Waals surface area (Å²) in [5, 5.41) is 24.3. The fourth-order valence-corrected chi connectivity index (χ4v) is 1.32. The molecular weight excluding hydrogens is 282 g/mol. The summed E-state index contributed by atoms with van der Waals surface area (Å²) in [4.78, 5) is 44.0. The molecule has 0 aromatic rings. The summed E-state index contributed by atoms with van der Waals surface area (Å²) in [6.45, 7) is 3.79. The first-order chi connectivity index (χ1) is 9.76. The number of carboxylic acid groups (broad SMARTS) is 2. The van der Waals surface area contributed by atoms with E-state index in [1.165, 1.54) is 0 Å². The molecule has 2 atom stereocenters. The van der Waals surface area contributed by atoms with Gasteiger partial charge >= 0.3 is 18.0 Å². The van der Waals surface area contributed by atoms with Crippen molar-refractivity contribution in [3.8, 4) is 0 Å². The summed E-state index contributed by atoms with van der Waals surface area (Å²) in [7, 11) is 0. The van der Waals surface area contributed by atoms with Crippen LogP contribution in [0.5, 0.6) is 0 Å². The van der Waals surface area contributed by atoms with E-state index in [4.69, 9.17) is 10.2 Å². The van der Waals surface area contributed by atoms with Crippen LogP contribution in [0.1, 0.15) is 33.1 Å². The van der Waals surface area contributed by atoms with Crippen molar-refractivity contribution < 1.29 is 29.4 Å². The minimum absolute atomic E-state index is 0.0213. The lowest BCUT2D eigenvalue weighted by Gasteiger charge is -2.14. The first kappa shape index (κ1) is 18.7. The Hall–Kier alpha value is -2.32. The van der Waals surface area contributed by atoms with Crippen LogP contribution < -0.4 is 16.0 Å². The molecule has 0 bridgehead atoms. The Morgan fingerprint density at radius 1 is 1.10 bits per heavy atom. The predicted octanol–water partition coefficient (Wildman–Crippen LogP) is -0.482. The van der Waals surface area contributed by atoms with Crippen LogP contribution in [0.25, 0.3) is 0 Å². The second-order valence-corrected chi connectivity index (χ2v) is 4.52. The zero-order valence-corrected chi connectivity index (χ0v) is 12.0. The number of rotatable bonds is 9. The molecule has 0 radical (unpaired) electrons. The molecule has 0 aromatic carbocycles. The van der Waals surface area contributed by atoms with Gasteiger partial charge in [0.2, 0.25) is 5.91 Å². The SMILES string of the molecule is CCC(C)NC(=O)CCNC(=O)N[C@@H](CC(=O)O)C(=O)O. The van der Waals surface area contributed by atoms with Crippen molar-refractivity contribution in [3.63, 3.8) is 0 Å². The number of carboxylic acids is 2. The Balaban J connectivity index is 4.05. The molecule has 1 unspecified atom stereocenters. The molecule has 0 saturated carbocycles. The largest absolute Gasteiger partial charge is 0.481 e. The van der Waals surface area contributed by atoms with E-state index in [1.807, 2.05) is 19.2 Å². The van der Waals surface area contributed by atoms with Gasteiger partial charge in [0.05, 0.1) is 6.42 Å². The third-order valence-corrected chi connectivity index (χ3v) is 2.64. The van der Waals surface area contributed by atoms with Crippen molar-refractivity contribution in [2.45, 2.75) is 45.2 Å².